The number of aromatic amines is 1. The first-order valence-electron chi connectivity index (χ1n) is 4.74. The zero-order valence-electron chi connectivity index (χ0n) is 9.53. The molecule has 0 radical (unpaired) electrons. The van der Waals surface area contributed by atoms with Crippen LogP contribution in [0.1, 0.15) is 16.1 Å². The molecule has 1 amide bonds. The van der Waals surface area contributed by atoms with E-state index in [1.54, 1.807) is 6.92 Å². The molecule has 90 valence electrons. The topological polar surface area (TPSA) is 102 Å². The molecule has 0 saturated heterocycles. The molecular weight excluding hydrogens is 212 g/mol. The van der Waals surface area contributed by atoms with Crippen LogP contribution in [0.15, 0.2) is 0 Å². The van der Waals surface area contributed by atoms with Crippen molar-refractivity contribution < 1.29 is 14.3 Å². The second-order valence-electron chi connectivity index (χ2n) is 3.22. The van der Waals surface area contributed by atoms with Crippen LogP contribution in [-0.4, -0.2) is 43.2 Å². The molecule has 0 aromatic carbocycles. The van der Waals surface area contributed by atoms with E-state index in [0.717, 1.165) is 0 Å². The monoisotopic (exact) mass is 228 g/mol. The molecule has 0 bridgehead atoms. The van der Waals surface area contributed by atoms with Gasteiger partial charge in [-0.25, -0.2) is 0 Å². The summed E-state index contributed by atoms with van der Waals surface area (Å²) in [7, 11) is 3.00. The molecule has 0 unspecified atom stereocenters. The molecule has 1 aromatic heterocycles. The molecule has 16 heavy (non-hydrogen) atoms. The molecule has 7 nitrogen and oxygen atoms in total. The van der Waals surface area contributed by atoms with E-state index in [2.05, 4.69) is 15.5 Å². The van der Waals surface area contributed by atoms with Gasteiger partial charge in [-0.3, -0.25) is 9.89 Å². The number of carbonyl (C=O) groups is 1. The number of methoxy groups -OCH3 is 2. The van der Waals surface area contributed by atoms with Gasteiger partial charge in [0.25, 0.3) is 5.91 Å². The summed E-state index contributed by atoms with van der Waals surface area (Å²) in [5, 5.41) is 9.01. The Morgan fingerprint density at radius 1 is 1.56 bits per heavy atom. The number of carbonyl (C=O) groups excluding carboxylic acids is 1. The molecule has 0 aliphatic rings. The fourth-order valence-corrected chi connectivity index (χ4v) is 1.26. The number of nitrogens with one attached hydrogen (secondary N) is 2. The minimum Gasteiger partial charge on any atom is -0.382 e. The van der Waals surface area contributed by atoms with Gasteiger partial charge in [-0.2, -0.15) is 5.10 Å². The lowest BCUT2D eigenvalue weighted by Crippen LogP contribution is -2.34. The summed E-state index contributed by atoms with van der Waals surface area (Å²) in [6, 6.07) is 0. The van der Waals surface area contributed by atoms with E-state index in [-0.39, 0.29) is 18.3 Å². The molecule has 0 atom stereocenters. The number of rotatable bonds is 5. The summed E-state index contributed by atoms with van der Waals surface area (Å²) in [5.74, 6) is -0.121. The maximum Gasteiger partial charge on any atom is 0.257 e. The second kappa shape index (κ2) is 5.47. The number of ether oxygens (including phenoxy) is 2. The molecule has 4 N–H and O–H groups in total. The van der Waals surface area contributed by atoms with Crippen LogP contribution < -0.4 is 11.1 Å². The van der Waals surface area contributed by atoms with Crippen molar-refractivity contribution in [1.82, 2.24) is 15.5 Å². The average Bonchev–Trinajstić information content (AvgIpc) is 2.60. The number of hydrogen-bond donors (Lipinski definition) is 3. The van der Waals surface area contributed by atoms with Crippen molar-refractivity contribution in [3.05, 3.63) is 11.3 Å². The number of aryl methyl sites for hydroxylation is 1. The van der Waals surface area contributed by atoms with Crippen molar-refractivity contribution in [1.29, 1.82) is 0 Å². The summed E-state index contributed by atoms with van der Waals surface area (Å²) >= 11 is 0. The lowest BCUT2D eigenvalue weighted by molar-refractivity contribution is -0.0974. The zero-order valence-corrected chi connectivity index (χ0v) is 9.53. The van der Waals surface area contributed by atoms with Gasteiger partial charge in [-0.1, -0.05) is 0 Å². The number of anilines is 1. The largest absolute Gasteiger partial charge is 0.382 e. The van der Waals surface area contributed by atoms with E-state index in [4.69, 9.17) is 15.2 Å². The molecule has 0 saturated carbocycles. The van der Waals surface area contributed by atoms with Crippen molar-refractivity contribution in [2.75, 3.05) is 26.5 Å². The number of H-pyrrole nitrogens is 1. The van der Waals surface area contributed by atoms with Gasteiger partial charge in [-0.05, 0) is 6.92 Å². The molecule has 1 heterocycles. The molecule has 0 aliphatic heterocycles. The highest BCUT2D eigenvalue weighted by Crippen LogP contribution is 2.11. The maximum atomic E-state index is 11.7. The third kappa shape index (κ3) is 2.71. The predicted octanol–water partition coefficient (Wildman–Crippen LogP) is -0.351. The predicted molar refractivity (Wildman–Crippen MR) is 57.9 cm³/mol. The summed E-state index contributed by atoms with van der Waals surface area (Å²) in [4.78, 5) is 11.7. The van der Waals surface area contributed by atoms with E-state index >= 15 is 0 Å². The Kier molecular flexibility index (Phi) is 4.27. The van der Waals surface area contributed by atoms with Crippen LogP contribution >= 0.6 is 0 Å². The first-order valence-corrected chi connectivity index (χ1v) is 4.74. The highest BCUT2D eigenvalue weighted by atomic mass is 16.7. The Bertz CT molecular complexity index is 340. The van der Waals surface area contributed by atoms with Gasteiger partial charge in [0, 0.05) is 19.9 Å². The van der Waals surface area contributed by atoms with Crippen LogP contribution in [0.5, 0.6) is 0 Å². The Morgan fingerprint density at radius 3 is 2.62 bits per heavy atom. The summed E-state index contributed by atoms with van der Waals surface area (Å²) in [5.41, 5.74) is 6.53. The Balaban J connectivity index is 2.59. The second-order valence-corrected chi connectivity index (χ2v) is 3.22. The standard InChI is InChI=1S/C9H16N4O3/c1-5-7(8(10)13-12-5)9(14)11-4-6(15-2)16-3/h6H,4H2,1-3H3,(H,11,14)(H3,10,12,13). The van der Waals surface area contributed by atoms with Crippen LogP contribution in [0.25, 0.3) is 0 Å². The smallest absolute Gasteiger partial charge is 0.257 e. The minimum absolute atomic E-state index is 0.182. The molecule has 0 aliphatic carbocycles. The summed E-state index contributed by atoms with van der Waals surface area (Å²) in [6.45, 7) is 1.97. The fourth-order valence-electron chi connectivity index (χ4n) is 1.26. The van der Waals surface area contributed by atoms with E-state index in [1.807, 2.05) is 0 Å². The lowest BCUT2D eigenvalue weighted by Gasteiger charge is -2.13. The van der Waals surface area contributed by atoms with E-state index in [0.29, 0.717) is 11.3 Å². The Hall–Kier alpha value is -1.60. The van der Waals surface area contributed by atoms with Crippen LogP contribution in [0.2, 0.25) is 0 Å². The van der Waals surface area contributed by atoms with Gasteiger partial charge in [0.05, 0.1) is 6.54 Å². The quantitative estimate of drug-likeness (QED) is 0.598. The van der Waals surface area contributed by atoms with Crippen LogP contribution in [0.3, 0.4) is 0 Å². The molecule has 0 fully saturated rings. The van der Waals surface area contributed by atoms with Crippen molar-refractivity contribution in [3.63, 3.8) is 0 Å². The SMILES string of the molecule is COC(CNC(=O)c1c(N)n[nH]c1C)OC. The van der Waals surface area contributed by atoms with Gasteiger partial charge < -0.3 is 20.5 Å². The van der Waals surface area contributed by atoms with Gasteiger partial charge in [0.2, 0.25) is 0 Å². The number of aromatic nitrogens is 2. The molecule has 0 spiro atoms. The number of nitrogen functional groups attached to an aromatic ring is 1. The molecular formula is C9H16N4O3. The lowest BCUT2D eigenvalue weighted by atomic mass is 10.2. The fraction of sp³-hybridized carbons (Fsp3) is 0.556. The van der Waals surface area contributed by atoms with Crippen molar-refractivity contribution in [3.8, 4) is 0 Å². The van der Waals surface area contributed by atoms with E-state index in [9.17, 15) is 4.79 Å². The normalized spacial score (nSPS) is 10.8. The Labute approximate surface area is 93.3 Å². The number of hydrogen-bond acceptors (Lipinski definition) is 5. The molecule has 7 heteroatoms. The first kappa shape index (κ1) is 12.5. The molecule has 1 rings (SSSR count). The van der Waals surface area contributed by atoms with Crippen molar-refractivity contribution >= 4 is 11.7 Å². The van der Waals surface area contributed by atoms with E-state index < -0.39 is 6.29 Å². The van der Waals surface area contributed by atoms with E-state index in [1.165, 1.54) is 14.2 Å². The average molecular weight is 228 g/mol. The van der Waals surface area contributed by atoms with Crippen LogP contribution in [-0.2, 0) is 9.47 Å². The van der Waals surface area contributed by atoms with Crippen molar-refractivity contribution in [2.24, 2.45) is 0 Å². The third-order valence-corrected chi connectivity index (χ3v) is 2.16. The van der Waals surface area contributed by atoms with Crippen LogP contribution in [0.4, 0.5) is 5.82 Å². The number of amides is 1. The number of nitrogens with two attached hydrogens (primary N) is 1. The summed E-state index contributed by atoms with van der Waals surface area (Å²) in [6.07, 6.45) is -0.475. The Morgan fingerprint density at radius 2 is 2.19 bits per heavy atom. The van der Waals surface area contributed by atoms with Gasteiger partial charge in [-0.15, -0.1) is 0 Å². The highest BCUT2D eigenvalue weighted by molar-refractivity contribution is 5.99. The third-order valence-electron chi connectivity index (χ3n) is 2.16. The zero-order chi connectivity index (χ0) is 12.1. The van der Waals surface area contributed by atoms with Crippen LogP contribution in [0, 0.1) is 6.92 Å². The first-order chi connectivity index (χ1) is 7.60. The van der Waals surface area contributed by atoms with Crippen molar-refractivity contribution in [2.45, 2.75) is 13.2 Å². The maximum absolute atomic E-state index is 11.7. The number of nitrogens with zero attached hydrogens (tertiary/aromatic N) is 1. The summed E-state index contributed by atoms with van der Waals surface area (Å²) < 4.78 is 9.87. The van der Waals surface area contributed by atoms with Gasteiger partial charge in [0.15, 0.2) is 12.1 Å². The highest BCUT2D eigenvalue weighted by Gasteiger charge is 2.17. The van der Waals surface area contributed by atoms with Gasteiger partial charge >= 0.3 is 0 Å². The minimum atomic E-state index is -0.475. The molecule has 1 aromatic rings. The van der Waals surface area contributed by atoms with Gasteiger partial charge in [0.1, 0.15) is 5.56 Å².